The summed E-state index contributed by atoms with van der Waals surface area (Å²) >= 11 is 6.74. The molecular formula is C10H13NOS2. The van der Waals surface area contributed by atoms with Crippen LogP contribution in [-0.2, 0) is 0 Å². The number of ether oxygens (including phenoxy) is 1. The number of methoxy groups -OCH3 is 1. The van der Waals surface area contributed by atoms with Crippen molar-refractivity contribution in [3.63, 3.8) is 0 Å². The van der Waals surface area contributed by atoms with Gasteiger partial charge >= 0.3 is 0 Å². The number of benzene rings is 1. The zero-order valence-corrected chi connectivity index (χ0v) is 10.1. The molecule has 1 aromatic rings. The molecule has 0 heterocycles. The highest BCUT2D eigenvalue weighted by Gasteiger charge is 2.04. The first-order valence-electron chi connectivity index (χ1n) is 4.14. The van der Waals surface area contributed by atoms with E-state index in [0.29, 0.717) is 0 Å². The van der Waals surface area contributed by atoms with Crippen LogP contribution in [0.1, 0.15) is 0 Å². The second-order valence-corrected chi connectivity index (χ2v) is 4.17. The fraction of sp³-hybridized carbons (Fsp3) is 0.300. The maximum atomic E-state index is 5.18. The zero-order valence-electron chi connectivity index (χ0n) is 8.48. The van der Waals surface area contributed by atoms with Crippen LogP contribution in [0.25, 0.3) is 0 Å². The van der Waals surface area contributed by atoms with Gasteiger partial charge in [0.2, 0.25) is 0 Å². The summed E-state index contributed by atoms with van der Waals surface area (Å²) < 4.78 is 5.94. The van der Waals surface area contributed by atoms with E-state index in [1.165, 1.54) is 0 Å². The highest BCUT2D eigenvalue weighted by atomic mass is 32.2. The molecule has 0 saturated heterocycles. The summed E-state index contributed by atoms with van der Waals surface area (Å²) in [6.07, 6.45) is 1.97. The maximum Gasteiger partial charge on any atom is 0.140 e. The fourth-order valence-electron chi connectivity index (χ4n) is 1.05. The van der Waals surface area contributed by atoms with Crippen molar-refractivity contribution in [2.75, 3.05) is 25.3 Å². The molecule has 0 amide bonds. The average molecular weight is 227 g/mol. The predicted octanol–water partition coefficient (Wildman–Crippen LogP) is 2.78. The van der Waals surface area contributed by atoms with Crippen LogP contribution in [-0.4, -0.2) is 24.7 Å². The number of thiocarbonyl (C=S) groups is 1. The number of rotatable bonds is 2. The molecule has 0 N–H and O–H groups in total. The lowest BCUT2D eigenvalue weighted by atomic mass is 10.3. The molecule has 0 atom stereocenters. The number of nitrogens with zero attached hydrogens (tertiary/aromatic N) is 1. The van der Waals surface area contributed by atoms with Gasteiger partial charge < -0.3 is 9.64 Å². The highest BCUT2D eigenvalue weighted by molar-refractivity contribution is 8.22. The summed E-state index contributed by atoms with van der Waals surface area (Å²) in [6, 6.07) is 7.83. The van der Waals surface area contributed by atoms with E-state index in [1.807, 2.05) is 42.5 Å². The van der Waals surface area contributed by atoms with Crippen LogP contribution in [0.4, 0.5) is 5.69 Å². The highest BCUT2D eigenvalue weighted by Crippen LogP contribution is 2.20. The van der Waals surface area contributed by atoms with Crippen molar-refractivity contribution in [3.05, 3.63) is 24.3 Å². The molecule has 1 aromatic carbocycles. The first-order chi connectivity index (χ1) is 6.69. The molecule has 0 aliphatic heterocycles. The summed E-state index contributed by atoms with van der Waals surface area (Å²) in [5.41, 5.74) is 1.07. The average Bonchev–Trinajstić information content (AvgIpc) is 2.27. The molecule has 0 bridgehead atoms. The SMILES string of the molecule is COc1ccc(N(C)C(=S)SC)cc1. The Balaban J connectivity index is 2.81. The Hall–Kier alpha value is -0.740. The lowest BCUT2D eigenvalue weighted by molar-refractivity contribution is 0.415. The Labute approximate surface area is 94.2 Å². The van der Waals surface area contributed by atoms with Gasteiger partial charge in [-0.3, -0.25) is 0 Å². The van der Waals surface area contributed by atoms with Gasteiger partial charge in [0, 0.05) is 12.7 Å². The molecule has 76 valence electrons. The first kappa shape index (κ1) is 11.3. The number of hydrogen-bond acceptors (Lipinski definition) is 3. The molecule has 14 heavy (non-hydrogen) atoms. The smallest absolute Gasteiger partial charge is 0.140 e. The third-order valence-corrected chi connectivity index (χ3v) is 3.31. The van der Waals surface area contributed by atoms with E-state index < -0.39 is 0 Å². The Morgan fingerprint density at radius 3 is 2.36 bits per heavy atom. The molecule has 0 radical (unpaired) electrons. The van der Waals surface area contributed by atoms with Crippen LogP contribution in [0.15, 0.2) is 24.3 Å². The van der Waals surface area contributed by atoms with E-state index in [2.05, 4.69) is 0 Å². The minimum Gasteiger partial charge on any atom is -0.497 e. The maximum absolute atomic E-state index is 5.18. The topological polar surface area (TPSA) is 12.5 Å². The summed E-state index contributed by atoms with van der Waals surface area (Å²) in [5.74, 6) is 0.859. The molecule has 0 aromatic heterocycles. The van der Waals surface area contributed by atoms with Gasteiger partial charge in [-0.15, -0.1) is 11.8 Å². The van der Waals surface area contributed by atoms with E-state index in [9.17, 15) is 0 Å². The van der Waals surface area contributed by atoms with E-state index >= 15 is 0 Å². The number of anilines is 1. The van der Waals surface area contributed by atoms with Gasteiger partial charge in [0.05, 0.1) is 7.11 Å². The van der Waals surface area contributed by atoms with E-state index in [-0.39, 0.29) is 0 Å². The van der Waals surface area contributed by atoms with Crippen LogP contribution in [0.5, 0.6) is 5.75 Å². The molecular weight excluding hydrogens is 214 g/mol. The van der Waals surface area contributed by atoms with Gasteiger partial charge in [-0.25, -0.2) is 0 Å². The van der Waals surface area contributed by atoms with Gasteiger partial charge in [-0.1, -0.05) is 12.2 Å². The lowest BCUT2D eigenvalue weighted by Gasteiger charge is -2.18. The Morgan fingerprint density at radius 1 is 1.36 bits per heavy atom. The summed E-state index contributed by atoms with van der Waals surface area (Å²) in [7, 11) is 3.62. The van der Waals surface area contributed by atoms with Crippen LogP contribution >= 0.6 is 24.0 Å². The normalized spacial score (nSPS) is 9.64. The molecule has 0 fully saturated rings. The molecule has 0 aliphatic rings. The summed E-state index contributed by atoms with van der Waals surface area (Å²) in [5, 5.41) is 0. The Kier molecular flexibility index (Phi) is 4.22. The molecule has 0 unspecified atom stereocenters. The second kappa shape index (κ2) is 5.22. The Morgan fingerprint density at radius 2 is 1.93 bits per heavy atom. The second-order valence-electron chi connectivity index (χ2n) is 2.73. The Bertz CT molecular complexity index is 310. The van der Waals surface area contributed by atoms with Gasteiger partial charge in [-0.05, 0) is 30.5 Å². The largest absolute Gasteiger partial charge is 0.497 e. The monoisotopic (exact) mass is 227 g/mol. The van der Waals surface area contributed by atoms with Gasteiger partial charge in [0.15, 0.2) is 0 Å². The summed E-state index contributed by atoms with van der Waals surface area (Å²) in [6.45, 7) is 0. The standard InChI is InChI=1S/C10H13NOS2/c1-11(10(13)14-3)8-4-6-9(12-2)7-5-8/h4-7H,1-3H3. The molecule has 0 aliphatic carbocycles. The van der Waals surface area contributed by atoms with E-state index in [4.69, 9.17) is 17.0 Å². The minimum atomic E-state index is 0.857. The van der Waals surface area contributed by atoms with Crippen molar-refractivity contribution < 1.29 is 4.74 Å². The first-order valence-corrected chi connectivity index (χ1v) is 5.78. The molecule has 1 rings (SSSR count). The third kappa shape index (κ3) is 2.62. The minimum absolute atomic E-state index is 0.857. The van der Waals surface area contributed by atoms with Crippen molar-refractivity contribution in [1.82, 2.24) is 0 Å². The van der Waals surface area contributed by atoms with Crippen LogP contribution in [0.2, 0.25) is 0 Å². The van der Waals surface area contributed by atoms with Crippen molar-refractivity contribution in [1.29, 1.82) is 0 Å². The molecule has 0 spiro atoms. The van der Waals surface area contributed by atoms with Crippen molar-refractivity contribution in [2.45, 2.75) is 0 Å². The molecule has 2 nitrogen and oxygen atoms in total. The van der Waals surface area contributed by atoms with Crippen molar-refractivity contribution in [3.8, 4) is 5.75 Å². The van der Waals surface area contributed by atoms with E-state index in [0.717, 1.165) is 15.8 Å². The van der Waals surface area contributed by atoms with Gasteiger partial charge in [0.25, 0.3) is 0 Å². The lowest BCUT2D eigenvalue weighted by Crippen LogP contribution is -2.20. The van der Waals surface area contributed by atoms with Crippen LogP contribution in [0.3, 0.4) is 0 Å². The molecule has 0 saturated carbocycles. The predicted molar refractivity (Wildman–Crippen MR) is 67.5 cm³/mol. The van der Waals surface area contributed by atoms with Crippen molar-refractivity contribution in [2.24, 2.45) is 0 Å². The van der Waals surface area contributed by atoms with Gasteiger partial charge in [0.1, 0.15) is 10.1 Å². The van der Waals surface area contributed by atoms with Crippen LogP contribution < -0.4 is 9.64 Å². The zero-order chi connectivity index (χ0) is 10.6. The molecule has 4 heteroatoms. The quantitative estimate of drug-likeness (QED) is 0.720. The third-order valence-electron chi connectivity index (χ3n) is 1.91. The van der Waals surface area contributed by atoms with Gasteiger partial charge in [-0.2, -0.15) is 0 Å². The number of hydrogen-bond donors (Lipinski definition) is 0. The fourth-order valence-corrected chi connectivity index (χ4v) is 1.53. The number of thioether (sulfide) groups is 1. The van der Waals surface area contributed by atoms with Crippen molar-refractivity contribution >= 4 is 34.0 Å². The van der Waals surface area contributed by atoms with E-state index in [1.54, 1.807) is 18.9 Å². The summed E-state index contributed by atoms with van der Waals surface area (Å²) in [4.78, 5) is 1.97. The van der Waals surface area contributed by atoms with Crippen LogP contribution in [0, 0.1) is 0 Å².